The van der Waals surface area contributed by atoms with Crippen molar-refractivity contribution in [2.24, 2.45) is 0 Å². The molecule has 1 N–H and O–H groups in total. The van der Waals surface area contributed by atoms with Gasteiger partial charge in [0.15, 0.2) is 12.1 Å². The zero-order valence-corrected chi connectivity index (χ0v) is 13.9. The van der Waals surface area contributed by atoms with E-state index in [1.54, 1.807) is 12.2 Å². The summed E-state index contributed by atoms with van der Waals surface area (Å²) >= 11 is 0. The van der Waals surface area contributed by atoms with Crippen molar-refractivity contribution >= 4 is 15.8 Å². The van der Waals surface area contributed by atoms with Crippen LogP contribution < -0.4 is 4.72 Å². The molecule has 0 saturated heterocycles. The van der Waals surface area contributed by atoms with Crippen LogP contribution in [0, 0.1) is 0 Å². The molecule has 1 aliphatic heterocycles. The van der Waals surface area contributed by atoms with Crippen molar-refractivity contribution in [2.45, 2.75) is 23.9 Å². The molecule has 1 aromatic rings. The van der Waals surface area contributed by atoms with Crippen LogP contribution in [0.1, 0.15) is 17.3 Å². The standard InChI is InChI=1S/C15H19NO6S/c1-11(17)12-4-6-13(7-5-12)23(18,19)16-10-15(21-3)9-8-14(20-2)22-15/h4-9,14,16H,10H2,1-3H3. The van der Waals surface area contributed by atoms with Crippen LogP contribution in [0.15, 0.2) is 41.3 Å². The average Bonchev–Trinajstić information content (AvgIpc) is 2.97. The molecule has 0 bridgehead atoms. The molecule has 0 spiro atoms. The third kappa shape index (κ3) is 4.04. The molecule has 0 radical (unpaired) electrons. The van der Waals surface area contributed by atoms with E-state index >= 15 is 0 Å². The van der Waals surface area contributed by atoms with Crippen molar-refractivity contribution in [2.75, 3.05) is 20.8 Å². The van der Waals surface area contributed by atoms with E-state index in [1.165, 1.54) is 45.4 Å². The van der Waals surface area contributed by atoms with Gasteiger partial charge in [0, 0.05) is 19.8 Å². The first kappa shape index (κ1) is 17.8. The Morgan fingerprint density at radius 2 is 1.96 bits per heavy atom. The molecule has 0 aromatic heterocycles. The number of sulfonamides is 1. The molecule has 0 saturated carbocycles. The minimum absolute atomic E-state index is 0.0546. The monoisotopic (exact) mass is 341 g/mol. The Hall–Kier alpha value is -1.58. The Labute approximate surface area is 135 Å². The molecule has 0 amide bonds. The van der Waals surface area contributed by atoms with Crippen molar-refractivity contribution < 1.29 is 27.4 Å². The molecule has 0 fully saturated rings. The molecule has 1 heterocycles. The molecular formula is C15H19NO6S. The van der Waals surface area contributed by atoms with Crippen molar-refractivity contribution in [1.29, 1.82) is 0 Å². The molecule has 1 aromatic carbocycles. The fourth-order valence-corrected chi connectivity index (χ4v) is 3.12. The predicted octanol–water partition coefficient (Wildman–Crippen LogP) is 1.07. The summed E-state index contributed by atoms with van der Waals surface area (Å²) in [5.74, 6) is -1.34. The van der Waals surface area contributed by atoms with Crippen LogP contribution in [0.3, 0.4) is 0 Å². The molecule has 7 nitrogen and oxygen atoms in total. The maximum Gasteiger partial charge on any atom is 0.240 e. The summed E-state index contributed by atoms with van der Waals surface area (Å²) in [6, 6.07) is 5.69. The van der Waals surface area contributed by atoms with E-state index in [-0.39, 0.29) is 17.2 Å². The summed E-state index contributed by atoms with van der Waals surface area (Å²) in [5, 5.41) is 0. The molecule has 1 aliphatic rings. The van der Waals surface area contributed by atoms with Crippen LogP contribution >= 0.6 is 0 Å². The van der Waals surface area contributed by atoms with Crippen LogP contribution in [-0.4, -0.2) is 47.0 Å². The number of carbonyl (C=O) groups is 1. The topological polar surface area (TPSA) is 90.9 Å². The van der Waals surface area contributed by atoms with E-state index in [1.807, 2.05) is 0 Å². The first-order valence-electron chi connectivity index (χ1n) is 6.88. The van der Waals surface area contributed by atoms with Crippen LogP contribution in [0.5, 0.6) is 0 Å². The van der Waals surface area contributed by atoms with E-state index in [4.69, 9.17) is 14.2 Å². The van der Waals surface area contributed by atoms with Gasteiger partial charge in [-0.05, 0) is 31.2 Å². The largest absolute Gasteiger partial charge is 0.352 e. The first-order chi connectivity index (χ1) is 10.8. The second kappa shape index (κ2) is 6.90. The highest BCUT2D eigenvalue weighted by atomic mass is 32.2. The smallest absolute Gasteiger partial charge is 0.240 e. The second-order valence-electron chi connectivity index (χ2n) is 5.00. The number of methoxy groups -OCH3 is 2. The van der Waals surface area contributed by atoms with Crippen molar-refractivity contribution in [1.82, 2.24) is 4.72 Å². The Morgan fingerprint density at radius 1 is 1.30 bits per heavy atom. The fourth-order valence-electron chi connectivity index (χ4n) is 2.06. The van der Waals surface area contributed by atoms with Crippen LogP contribution in [0.2, 0.25) is 0 Å². The molecule has 2 rings (SSSR count). The van der Waals surface area contributed by atoms with Gasteiger partial charge in [-0.2, -0.15) is 0 Å². The van der Waals surface area contributed by atoms with Gasteiger partial charge in [0.2, 0.25) is 15.8 Å². The van der Waals surface area contributed by atoms with E-state index in [2.05, 4.69) is 4.72 Å². The molecule has 2 atom stereocenters. The number of rotatable bonds is 7. The average molecular weight is 341 g/mol. The lowest BCUT2D eigenvalue weighted by Gasteiger charge is -2.27. The lowest BCUT2D eigenvalue weighted by atomic mass is 10.2. The lowest BCUT2D eigenvalue weighted by Crippen LogP contribution is -2.44. The van der Waals surface area contributed by atoms with E-state index in [0.717, 1.165) is 0 Å². The van der Waals surface area contributed by atoms with Crippen molar-refractivity contribution in [3.05, 3.63) is 42.0 Å². The maximum atomic E-state index is 12.3. The summed E-state index contributed by atoms with van der Waals surface area (Å²) in [6.45, 7) is 1.30. The Balaban J connectivity index is 2.09. The highest BCUT2D eigenvalue weighted by Gasteiger charge is 2.37. The molecule has 2 unspecified atom stereocenters. The quantitative estimate of drug-likeness (QED) is 0.589. The highest BCUT2D eigenvalue weighted by molar-refractivity contribution is 7.89. The molecule has 126 valence electrons. The zero-order chi connectivity index (χ0) is 17.1. The van der Waals surface area contributed by atoms with Crippen molar-refractivity contribution in [3.63, 3.8) is 0 Å². The number of Topliss-reactive ketones (excluding diaryl/α,β-unsaturated/α-hetero) is 1. The number of ether oxygens (including phenoxy) is 3. The van der Waals surface area contributed by atoms with Gasteiger partial charge < -0.3 is 14.2 Å². The lowest BCUT2D eigenvalue weighted by molar-refractivity contribution is -0.237. The maximum absolute atomic E-state index is 12.3. The normalized spacial score (nSPS) is 24.0. The van der Waals surface area contributed by atoms with E-state index < -0.39 is 22.1 Å². The summed E-state index contributed by atoms with van der Waals surface area (Å²) < 4.78 is 42.8. The summed E-state index contributed by atoms with van der Waals surface area (Å²) in [6.07, 6.45) is 2.65. The SMILES string of the molecule is COC1C=CC(CNS(=O)(=O)c2ccc(C(C)=O)cc2)(OC)O1. The van der Waals surface area contributed by atoms with Gasteiger partial charge in [-0.15, -0.1) is 0 Å². The van der Waals surface area contributed by atoms with E-state index in [0.29, 0.717) is 5.56 Å². The van der Waals surface area contributed by atoms with Gasteiger partial charge in [-0.3, -0.25) is 4.79 Å². The fraction of sp³-hybridized carbons (Fsp3) is 0.400. The van der Waals surface area contributed by atoms with Crippen LogP contribution in [0.25, 0.3) is 0 Å². The molecule has 23 heavy (non-hydrogen) atoms. The number of benzene rings is 1. The Morgan fingerprint density at radius 3 is 2.43 bits per heavy atom. The summed E-state index contributed by atoms with van der Waals surface area (Å²) in [4.78, 5) is 11.3. The van der Waals surface area contributed by atoms with Crippen LogP contribution in [-0.2, 0) is 24.2 Å². The first-order valence-corrected chi connectivity index (χ1v) is 8.36. The number of nitrogens with one attached hydrogen (secondary N) is 1. The minimum atomic E-state index is -3.76. The minimum Gasteiger partial charge on any atom is -0.352 e. The van der Waals surface area contributed by atoms with Gasteiger partial charge in [0.25, 0.3) is 0 Å². The highest BCUT2D eigenvalue weighted by Crippen LogP contribution is 2.24. The number of hydrogen-bond acceptors (Lipinski definition) is 6. The van der Waals surface area contributed by atoms with Crippen LogP contribution in [0.4, 0.5) is 0 Å². The van der Waals surface area contributed by atoms with Crippen molar-refractivity contribution in [3.8, 4) is 0 Å². The van der Waals surface area contributed by atoms with Gasteiger partial charge in [0.05, 0.1) is 11.4 Å². The zero-order valence-electron chi connectivity index (χ0n) is 13.1. The summed E-state index contributed by atoms with van der Waals surface area (Å²) in [5.41, 5.74) is 0.447. The molecular weight excluding hydrogens is 322 g/mol. The third-order valence-corrected chi connectivity index (χ3v) is 4.90. The third-order valence-electron chi connectivity index (χ3n) is 3.48. The van der Waals surface area contributed by atoms with E-state index in [9.17, 15) is 13.2 Å². The Kier molecular flexibility index (Phi) is 5.33. The number of ketones is 1. The number of hydrogen-bond donors (Lipinski definition) is 1. The Bertz CT molecular complexity index is 697. The predicted molar refractivity (Wildman–Crippen MR) is 82.4 cm³/mol. The van der Waals surface area contributed by atoms with Gasteiger partial charge in [-0.1, -0.05) is 12.1 Å². The van der Waals surface area contributed by atoms with Gasteiger partial charge >= 0.3 is 0 Å². The van der Waals surface area contributed by atoms with Gasteiger partial charge in [-0.25, -0.2) is 13.1 Å². The van der Waals surface area contributed by atoms with Gasteiger partial charge in [0.1, 0.15) is 0 Å². The molecule has 0 aliphatic carbocycles. The second-order valence-corrected chi connectivity index (χ2v) is 6.77. The summed E-state index contributed by atoms with van der Waals surface area (Å²) in [7, 11) is -0.870. The number of carbonyl (C=O) groups excluding carboxylic acids is 1. The molecule has 8 heteroatoms.